The van der Waals surface area contributed by atoms with Gasteiger partial charge in [-0.15, -0.1) is 10.2 Å². The molecule has 0 unspecified atom stereocenters. The average Bonchev–Trinajstić information content (AvgIpc) is 3.49. The number of hydrogen-bond donors (Lipinski definition) is 1. The van der Waals surface area contributed by atoms with Gasteiger partial charge < -0.3 is 9.15 Å². The molecule has 0 aliphatic carbocycles. The molecule has 10 heteroatoms. The van der Waals surface area contributed by atoms with Crippen LogP contribution in [0.25, 0.3) is 17.1 Å². The van der Waals surface area contributed by atoms with Gasteiger partial charge in [0.1, 0.15) is 11.5 Å². The molecule has 8 nitrogen and oxygen atoms in total. The van der Waals surface area contributed by atoms with Gasteiger partial charge in [0.15, 0.2) is 11.0 Å². The van der Waals surface area contributed by atoms with Crippen LogP contribution in [0.5, 0.6) is 5.75 Å². The van der Waals surface area contributed by atoms with Crippen LogP contribution in [-0.4, -0.2) is 39.2 Å². The smallest absolute Gasteiger partial charge is 0.250 e. The summed E-state index contributed by atoms with van der Waals surface area (Å²) in [6.07, 6.45) is 2.97. The van der Waals surface area contributed by atoms with Crippen molar-refractivity contribution in [3.8, 4) is 22.8 Å². The molecule has 0 fully saturated rings. The molecule has 4 rings (SSSR count). The Bertz CT molecular complexity index is 1220. The zero-order valence-electron chi connectivity index (χ0n) is 17.6. The summed E-state index contributed by atoms with van der Waals surface area (Å²) >= 11 is 7.30. The fourth-order valence-corrected chi connectivity index (χ4v) is 3.81. The Morgan fingerprint density at radius 1 is 1.18 bits per heavy atom. The first-order valence-electron chi connectivity index (χ1n) is 10.1. The van der Waals surface area contributed by atoms with E-state index in [4.69, 9.17) is 20.8 Å². The largest absolute Gasteiger partial charge is 0.494 e. The number of thioether (sulfide) groups is 1. The molecule has 2 aromatic carbocycles. The van der Waals surface area contributed by atoms with E-state index < -0.39 is 0 Å². The van der Waals surface area contributed by atoms with Gasteiger partial charge in [-0.05, 0) is 67.6 Å². The Morgan fingerprint density at radius 2 is 1.97 bits per heavy atom. The molecule has 0 radical (unpaired) electrons. The van der Waals surface area contributed by atoms with Crippen molar-refractivity contribution >= 4 is 35.5 Å². The monoisotopic (exact) mass is 481 g/mol. The molecular formula is C23H20ClN5O3S. The molecule has 0 aliphatic rings. The minimum absolute atomic E-state index is 0.102. The summed E-state index contributed by atoms with van der Waals surface area (Å²) in [6, 6.07) is 18.4. The number of carbonyl (C=O) groups excluding carboxylic acids is 1. The second-order valence-corrected chi connectivity index (χ2v) is 8.05. The third-order valence-corrected chi connectivity index (χ3v) is 5.58. The van der Waals surface area contributed by atoms with Gasteiger partial charge >= 0.3 is 0 Å². The molecule has 4 aromatic rings. The summed E-state index contributed by atoms with van der Waals surface area (Å²) in [6.45, 7) is 2.52. The highest BCUT2D eigenvalue weighted by Crippen LogP contribution is 2.29. The van der Waals surface area contributed by atoms with Gasteiger partial charge in [0.05, 0.1) is 24.8 Å². The number of amides is 1. The highest BCUT2D eigenvalue weighted by Gasteiger charge is 2.17. The van der Waals surface area contributed by atoms with Gasteiger partial charge in [0.25, 0.3) is 5.91 Å². The summed E-state index contributed by atoms with van der Waals surface area (Å²) in [7, 11) is 0. The van der Waals surface area contributed by atoms with Crippen LogP contribution in [0.3, 0.4) is 0 Å². The van der Waals surface area contributed by atoms with Crippen molar-refractivity contribution < 1.29 is 13.9 Å². The first-order valence-corrected chi connectivity index (χ1v) is 11.4. The van der Waals surface area contributed by atoms with E-state index in [-0.39, 0.29) is 11.7 Å². The number of benzene rings is 2. The van der Waals surface area contributed by atoms with E-state index in [1.807, 2.05) is 47.9 Å². The van der Waals surface area contributed by atoms with Gasteiger partial charge in [0, 0.05) is 16.3 Å². The summed E-state index contributed by atoms with van der Waals surface area (Å²) in [5, 5.41) is 13.8. The van der Waals surface area contributed by atoms with E-state index in [1.54, 1.807) is 24.3 Å². The normalized spacial score (nSPS) is 11.1. The minimum Gasteiger partial charge on any atom is -0.494 e. The second kappa shape index (κ2) is 10.8. The number of nitrogens with zero attached hydrogens (tertiary/aromatic N) is 4. The Hall–Kier alpha value is -3.56. The maximum Gasteiger partial charge on any atom is 0.250 e. The number of hydrogen-bond acceptors (Lipinski definition) is 7. The van der Waals surface area contributed by atoms with Crippen LogP contribution in [0.15, 0.2) is 81.6 Å². The van der Waals surface area contributed by atoms with Crippen LogP contribution in [0.1, 0.15) is 12.7 Å². The standard InChI is InChI=1S/C23H20ClN5O3S/c1-2-31-19-11-9-18(10-12-19)29-22(16-5-7-17(24)8-6-16)27-28-23(29)33-15-21(30)26-25-14-20-4-3-13-32-20/h3-14H,2,15H2,1H3,(H,26,30)/b25-14+. The number of hydrazone groups is 1. The topological polar surface area (TPSA) is 94.5 Å². The molecule has 1 N–H and O–H groups in total. The van der Waals surface area contributed by atoms with Gasteiger partial charge in [-0.2, -0.15) is 5.10 Å². The number of furan rings is 1. The van der Waals surface area contributed by atoms with Crippen molar-refractivity contribution in [2.24, 2.45) is 5.10 Å². The molecule has 1 amide bonds. The Labute approximate surface area is 199 Å². The third-order valence-electron chi connectivity index (χ3n) is 4.40. The molecule has 0 atom stereocenters. The van der Waals surface area contributed by atoms with E-state index in [0.717, 1.165) is 17.0 Å². The van der Waals surface area contributed by atoms with Gasteiger partial charge in [-0.1, -0.05) is 23.4 Å². The second-order valence-electron chi connectivity index (χ2n) is 6.67. The third kappa shape index (κ3) is 5.82. The Morgan fingerprint density at radius 3 is 2.67 bits per heavy atom. The summed E-state index contributed by atoms with van der Waals surface area (Å²) in [5.74, 6) is 1.77. The Kier molecular flexibility index (Phi) is 7.43. The quantitative estimate of drug-likeness (QED) is 0.209. The number of ether oxygens (including phenoxy) is 1. The summed E-state index contributed by atoms with van der Waals surface area (Å²) < 4.78 is 12.6. The zero-order valence-corrected chi connectivity index (χ0v) is 19.2. The van der Waals surface area contributed by atoms with Crippen LogP contribution < -0.4 is 10.2 Å². The lowest BCUT2D eigenvalue weighted by atomic mass is 10.2. The summed E-state index contributed by atoms with van der Waals surface area (Å²) in [4.78, 5) is 12.3. The van der Waals surface area contributed by atoms with Gasteiger partial charge in [-0.25, -0.2) is 5.43 Å². The zero-order chi connectivity index (χ0) is 23.0. The lowest BCUT2D eigenvalue weighted by Crippen LogP contribution is -2.19. The fourth-order valence-electron chi connectivity index (χ4n) is 2.94. The SMILES string of the molecule is CCOc1ccc(-n2c(SCC(=O)N/N=C/c3ccco3)nnc2-c2ccc(Cl)cc2)cc1. The number of halogens is 1. The number of rotatable bonds is 9. The van der Waals surface area contributed by atoms with Crippen LogP contribution in [0, 0.1) is 0 Å². The van der Waals surface area contributed by atoms with Gasteiger partial charge in [0.2, 0.25) is 0 Å². The molecule has 0 saturated carbocycles. The summed E-state index contributed by atoms with van der Waals surface area (Å²) in [5.41, 5.74) is 4.16. The van der Waals surface area contributed by atoms with Crippen molar-refractivity contribution in [3.63, 3.8) is 0 Å². The molecule has 168 valence electrons. The van der Waals surface area contributed by atoms with E-state index in [9.17, 15) is 4.79 Å². The van der Waals surface area contributed by atoms with Crippen molar-refractivity contribution in [2.45, 2.75) is 12.1 Å². The van der Waals surface area contributed by atoms with Gasteiger partial charge in [-0.3, -0.25) is 9.36 Å². The number of nitrogens with one attached hydrogen (secondary N) is 1. The van der Waals surface area contributed by atoms with Crippen molar-refractivity contribution in [3.05, 3.63) is 77.7 Å². The molecule has 0 saturated heterocycles. The highest BCUT2D eigenvalue weighted by atomic mass is 35.5. The first kappa shape index (κ1) is 22.6. The molecule has 33 heavy (non-hydrogen) atoms. The number of aromatic nitrogens is 3. The molecule has 0 aliphatic heterocycles. The molecule has 0 spiro atoms. The lowest BCUT2D eigenvalue weighted by molar-refractivity contribution is -0.118. The first-order chi connectivity index (χ1) is 16.1. The van der Waals surface area contributed by atoms with Crippen LogP contribution >= 0.6 is 23.4 Å². The average molecular weight is 482 g/mol. The van der Waals surface area contributed by atoms with E-state index in [2.05, 4.69) is 20.7 Å². The van der Waals surface area contributed by atoms with Crippen LogP contribution in [0.2, 0.25) is 5.02 Å². The van der Waals surface area contributed by atoms with Crippen LogP contribution in [0.4, 0.5) is 0 Å². The van der Waals surface area contributed by atoms with Crippen molar-refractivity contribution in [1.82, 2.24) is 20.2 Å². The van der Waals surface area contributed by atoms with E-state index in [0.29, 0.717) is 28.4 Å². The molecule has 2 aromatic heterocycles. The number of carbonyl (C=O) groups is 1. The van der Waals surface area contributed by atoms with E-state index >= 15 is 0 Å². The molecular weight excluding hydrogens is 462 g/mol. The maximum absolute atomic E-state index is 12.3. The predicted molar refractivity (Wildman–Crippen MR) is 128 cm³/mol. The van der Waals surface area contributed by atoms with E-state index in [1.165, 1.54) is 24.2 Å². The van der Waals surface area contributed by atoms with Crippen molar-refractivity contribution in [1.29, 1.82) is 0 Å². The van der Waals surface area contributed by atoms with Crippen LogP contribution in [-0.2, 0) is 4.79 Å². The molecule has 2 heterocycles. The molecule has 0 bridgehead atoms. The predicted octanol–water partition coefficient (Wildman–Crippen LogP) is 4.82. The van der Waals surface area contributed by atoms with Crippen molar-refractivity contribution in [2.75, 3.05) is 12.4 Å². The highest BCUT2D eigenvalue weighted by molar-refractivity contribution is 7.99. The fraction of sp³-hybridized carbons (Fsp3) is 0.130. The maximum atomic E-state index is 12.3. The Balaban J connectivity index is 1.55. The lowest BCUT2D eigenvalue weighted by Gasteiger charge is -2.11. The minimum atomic E-state index is -0.280.